The van der Waals surface area contributed by atoms with E-state index in [9.17, 15) is 4.79 Å². The van der Waals surface area contributed by atoms with Crippen molar-refractivity contribution in [3.8, 4) is 5.75 Å². The summed E-state index contributed by atoms with van der Waals surface area (Å²) in [6, 6.07) is 7.63. The number of aryl methyl sites for hydroxylation is 4. The first-order chi connectivity index (χ1) is 13.0. The molecule has 0 saturated heterocycles. The summed E-state index contributed by atoms with van der Waals surface area (Å²) in [6.45, 7) is 7.54. The van der Waals surface area contributed by atoms with Gasteiger partial charge in [0.2, 0.25) is 0 Å². The second-order valence-corrected chi connectivity index (χ2v) is 6.51. The summed E-state index contributed by atoms with van der Waals surface area (Å²) >= 11 is 0. The molecule has 1 aromatic carbocycles. The van der Waals surface area contributed by atoms with Crippen molar-refractivity contribution in [1.82, 2.24) is 20.0 Å². The number of nitrogens with zero attached hydrogens (tertiary/aromatic N) is 3. The van der Waals surface area contributed by atoms with Crippen molar-refractivity contribution in [3.63, 3.8) is 0 Å². The van der Waals surface area contributed by atoms with Crippen molar-refractivity contribution in [1.29, 1.82) is 0 Å². The average Bonchev–Trinajstić information content (AvgIpc) is 3.28. The van der Waals surface area contributed by atoms with E-state index < -0.39 is 0 Å². The van der Waals surface area contributed by atoms with E-state index in [0.717, 1.165) is 35.7 Å². The van der Waals surface area contributed by atoms with Crippen molar-refractivity contribution < 1.29 is 14.1 Å². The zero-order valence-corrected chi connectivity index (χ0v) is 15.9. The molecule has 0 fully saturated rings. The molecule has 1 amide bonds. The molecule has 0 spiro atoms. The lowest BCUT2D eigenvalue weighted by Crippen LogP contribution is -2.25. The maximum atomic E-state index is 12.2. The lowest BCUT2D eigenvalue weighted by atomic mass is 10.1. The molecule has 142 valence electrons. The number of hydrogen-bond donors (Lipinski definition) is 1. The van der Waals surface area contributed by atoms with Gasteiger partial charge in [0.25, 0.3) is 5.91 Å². The molecule has 0 bridgehead atoms. The molecular formula is C20H24N4O3. The maximum Gasteiger partial charge on any atom is 0.273 e. The van der Waals surface area contributed by atoms with E-state index in [1.165, 1.54) is 0 Å². The van der Waals surface area contributed by atoms with Gasteiger partial charge in [-0.2, -0.15) is 0 Å². The quantitative estimate of drug-likeness (QED) is 0.618. The minimum atomic E-state index is -0.251. The van der Waals surface area contributed by atoms with E-state index in [2.05, 4.69) is 15.5 Å². The van der Waals surface area contributed by atoms with E-state index in [1.54, 1.807) is 12.3 Å². The predicted molar refractivity (Wildman–Crippen MR) is 101 cm³/mol. The van der Waals surface area contributed by atoms with Crippen LogP contribution in [0.4, 0.5) is 0 Å². The first-order valence-electron chi connectivity index (χ1n) is 8.94. The number of carbonyl (C=O) groups is 1. The molecule has 0 aliphatic rings. The maximum absolute atomic E-state index is 12.2. The molecule has 0 aliphatic heterocycles. The third-order valence-electron chi connectivity index (χ3n) is 4.29. The fourth-order valence-corrected chi connectivity index (χ4v) is 2.68. The van der Waals surface area contributed by atoms with Gasteiger partial charge in [-0.1, -0.05) is 17.3 Å². The lowest BCUT2D eigenvalue weighted by molar-refractivity contribution is 0.0943. The van der Waals surface area contributed by atoms with Gasteiger partial charge in [0.05, 0.1) is 0 Å². The Morgan fingerprint density at radius 3 is 2.89 bits per heavy atom. The molecule has 2 aromatic heterocycles. The summed E-state index contributed by atoms with van der Waals surface area (Å²) in [7, 11) is 0. The number of carbonyl (C=O) groups excluding carboxylic acids is 1. The number of rotatable bonds is 8. The molecule has 0 unspecified atom stereocenters. The monoisotopic (exact) mass is 368 g/mol. The van der Waals surface area contributed by atoms with Gasteiger partial charge < -0.3 is 19.1 Å². The van der Waals surface area contributed by atoms with Crippen LogP contribution in [0.5, 0.6) is 5.75 Å². The van der Waals surface area contributed by atoms with Crippen molar-refractivity contribution in [2.45, 2.75) is 40.3 Å². The van der Waals surface area contributed by atoms with Crippen molar-refractivity contribution in [3.05, 3.63) is 65.1 Å². The smallest absolute Gasteiger partial charge is 0.273 e. The van der Waals surface area contributed by atoms with Gasteiger partial charge in [-0.25, -0.2) is 4.98 Å². The summed E-state index contributed by atoms with van der Waals surface area (Å²) < 4.78 is 13.0. The minimum Gasteiger partial charge on any atom is -0.485 e. The van der Waals surface area contributed by atoms with E-state index in [1.807, 2.05) is 49.7 Å². The summed E-state index contributed by atoms with van der Waals surface area (Å²) in [5.41, 5.74) is 2.43. The van der Waals surface area contributed by atoms with Crippen molar-refractivity contribution >= 4 is 5.91 Å². The lowest BCUT2D eigenvalue weighted by Gasteiger charge is -2.07. The molecule has 0 aliphatic carbocycles. The number of ether oxygens (including phenoxy) is 1. The Bertz CT molecular complexity index is 914. The molecule has 27 heavy (non-hydrogen) atoms. The third kappa shape index (κ3) is 4.97. The van der Waals surface area contributed by atoms with Gasteiger partial charge in [-0.15, -0.1) is 0 Å². The first kappa shape index (κ1) is 18.7. The SMILES string of the molecule is Cc1ccc(C)c(OCc2cc(C(=O)NCCCn3ccnc3C)no2)c1. The highest BCUT2D eigenvalue weighted by atomic mass is 16.5. The van der Waals surface area contributed by atoms with E-state index in [4.69, 9.17) is 9.26 Å². The van der Waals surface area contributed by atoms with Crippen LogP contribution in [0.25, 0.3) is 0 Å². The molecule has 7 heteroatoms. The van der Waals surface area contributed by atoms with Crippen LogP contribution in [0.2, 0.25) is 0 Å². The van der Waals surface area contributed by atoms with E-state index in [-0.39, 0.29) is 18.2 Å². The van der Waals surface area contributed by atoms with Crippen LogP contribution in [-0.4, -0.2) is 27.2 Å². The highest BCUT2D eigenvalue weighted by Crippen LogP contribution is 2.20. The van der Waals surface area contributed by atoms with Gasteiger partial charge in [0, 0.05) is 31.5 Å². The molecule has 2 heterocycles. The number of aromatic nitrogens is 3. The summed E-state index contributed by atoms with van der Waals surface area (Å²) in [4.78, 5) is 16.3. The minimum absolute atomic E-state index is 0.227. The van der Waals surface area contributed by atoms with Crippen LogP contribution in [0, 0.1) is 20.8 Å². The summed E-state index contributed by atoms with van der Waals surface area (Å²) in [5.74, 6) is 2.02. The molecule has 0 atom stereocenters. The number of nitrogens with one attached hydrogen (secondary N) is 1. The molecule has 3 aromatic rings. The van der Waals surface area contributed by atoms with Crippen molar-refractivity contribution in [2.24, 2.45) is 0 Å². The second kappa shape index (κ2) is 8.53. The topological polar surface area (TPSA) is 82.2 Å². The largest absolute Gasteiger partial charge is 0.485 e. The third-order valence-corrected chi connectivity index (χ3v) is 4.29. The van der Waals surface area contributed by atoms with Crippen LogP contribution in [0.3, 0.4) is 0 Å². The zero-order chi connectivity index (χ0) is 19.2. The molecule has 1 N–H and O–H groups in total. The van der Waals surface area contributed by atoms with Crippen LogP contribution in [0.1, 0.15) is 39.6 Å². The van der Waals surface area contributed by atoms with Gasteiger partial charge in [-0.3, -0.25) is 4.79 Å². The highest BCUT2D eigenvalue weighted by Gasteiger charge is 2.13. The van der Waals surface area contributed by atoms with Crippen LogP contribution >= 0.6 is 0 Å². The number of benzene rings is 1. The normalized spacial score (nSPS) is 10.8. The van der Waals surface area contributed by atoms with Gasteiger partial charge in [0.1, 0.15) is 18.2 Å². The number of amides is 1. The summed E-state index contributed by atoms with van der Waals surface area (Å²) in [5, 5.41) is 6.68. The van der Waals surface area contributed by atoms with E-state index >= 15 is 0 Å². The molecule has 3 rings (SSSR count). The predicted octanol–water partition coefficient (Wildman–Crippen LogP) is 3.20. The van der Waals surface area contributed by atoms with E-state index in [0.29, 0.717) is 12.3 Å². The molecular weight excluding hydrogens is 344 g/mol. The van der Waals surface area contributed by atoms with Crippen LogP contribution in [0.15, 0.2) is 41.2 Å². The molecule has 0 saturated carbocycles. The van der Waals surface area contributed by atoms with Crippen LogP contribution in [-0.2, 0) is 13.2 Å². The van der Waals surface area contributed by atoms with Crippen molar-refractivity contribution in [2.75, 3.05) is 6.54 Å². The zero-order valence-electron chi connectivity index (χ0n) is 15.9. The Morgan fingerprint density at radius 2 is 2.11 bits per heavy atom. The Morgan fingerprint density at radius 1 is 1.26 bits per heavy atom. The second-order valence-electron chi connectivity index (χ2n) is 6.51. The Kier molecular flexibility index (Phi) is 5.90. The van der Waals surface area contributed by atoms with Gasteiger partial charge in [-0.05, 0) is 44.4 Å². The fraction of sp³-hybridized carbons (Fsp3) is 0.350. The average molecular weight is 368 g/mol. The highest BCUT2D eigenvalue weighted by molar-refractivity contribution is 5.92. The van der Waals surface area contributed by atoms with Crippen LogP contribution < -0.4 is 10.1 Å². The summed E-state index contributed by atoms with van der Waals surface area (Å²) in [6.07, 6.45) is 4.51. The molecule has 7 nitrogen and oxygen atoms in total. The van der Waals surface area contributed by atoms with Gasteiger partial charge >= 0.3 is 0 Å². The standard InChI is InChI=1S/C20H24N4O3/c1-14-5-6-15(2)19(11-14)26-13-17-12-18(23-27-17)20(25)22-7-4-9-24-10-8-21-16(24)3/h5-6,8,10-12H,4,7,9,13H2,1-3H3,(H,22,25). The number of imidazole rings is 1. The number of hydrogen-bond acceptors (Lipinski definition) is 5. The Balaban J connectivity index is 1.46. The Hall–Kier alpha value is -3.09. The fourth-order valence-electron chi connectivity index (χ4n) is 2.68. The Labute approximate surface area is 158 Å². The van der Waals surface area contributed by atoms with Gasteiger partial charge in [0.15, 0.2) is 11.5 Å². The first-order valence-corrected chi connectivity index (χ1v) is 8.94. The molecule has 0 radical (unpaired) electrons.